The predicted molar refractivity (Wildman–Crippen MR) is 112 cm³/mol. The number of rotatable bonds is 5. The average Bonchev–Trinajstić information content (AvgIpc) is 3.14. The Balaban J connectivity index is 1.57. The van der Waals surface area contributed by atoms with Gasteiger partial charge in [0.15, 0.2) is 0 Å². The molecule has 1 aromatic heterocycles. The predicted octanol–water partition coefficient (Wildman–Crippen LogP) is 3.97. The Kier molecular flexibility index (Phi) is 6.00. The van der Waals surface area contributed by atoms with Gasteiger partial charge in [0.25, 0.3) is 0 Å². The van der Waals surface area contributed by atoms with Gasteiger partial charge in [-0.2, -0.15) is 0 Å². The van der Waals surface area contributed by atoms with E-state index in [0.29, 0.717) is 10.1 Å². The van der Waals surface area contributed by atoms with Crippen LogP contribution in [-0.4, -0.2) is 28.2 Å². The first-order valence-corrected chi connectivity index (χ1v) is 9.59. The molecule has 3 aromatic rings. The van der Waals surface area contributed by atoms with Crippen molar-refractivity contribution < 1.29 is 9.59 Å². The van der Waals surface area contributed by atoms with Crippen LogP contribution in [0.15, 0.2) is 48.5 Å². The molecule has 0 aliphatic carbocycles. The molecule has 0 aliphatic rings. The minimum absolute atomic E-state index is 0.368. The number of aryl methyl sites for hydroxylation is 2. The highest BCUT2D eigenvalue weighted by Crippen LogP contribution is 2.26. The molecule has 3 rings (SSSR count). The normalized spacial score (nSPS) is 11.5. The third kappa shape index (κ3) is 4.72. The molecule has 144 valence electrons. The molecule has 0 spiro atoms. The first-order chi connectivity index (χ1) is 13.4. The molecule has 0 fully saturated rings. The molecule has 1 atom stereocenters. The van der Waals surface area contributed by atoms with Crippen molar-refractivity contribution in [1.29, 1.82) is 0 Å². The fourth-order valence-electron chi connectivity index (χ4n) is 2.61. The molecule has 3 amide bonds. The van der Waals surface area contributed by atoms with E-state index in [1.807, 2.05) is 62.4 Å². The summed E-state index contributed by atoms with van der Waals surface area (Å²) in [6, 6.07) is 14.2. The summed E-state index contributed by atoms with van der Waals surface area (Å²) in [7, 11) is 0. The fourth-order valence-corrected chi connectivity index (χ4v) is 3.36. The Labute approximate surface area is 167 Å². The average molecular weight is 395 g/mol. The van der Waals surface area contributed by atoms with Gasteiger partial charge < -0.3 is 10.6 Å². The summed E-state index contributed by atoms with van der Waals surface area (Å²) in [4.78, 5) is 24.6. The van der Waals surface area contributed by atoms with Crippen molar-refractivity contribution in [1.82, 2.24) is 15.5 Å². The largest absolute Gasteiger partial charge is 0.326 e. The van der Waals surface area contributed by atoms with E-state index in [1.165, 1.54) is 11.3 Å². The number of amides is 3. The maximum Gasteiger partial charge on any atom is 0.319 e. The molecule has 0 radical (unpaired) electrons. The Morgan fingerprint density at radius 1 is 0.929 bits per heavy atom. The number of hydrogen-bond donors (Lipinski definition) is 3. The second-order valence-corrected chi connectivity index (χ2v) is 7.33. The molecule has 8 heteroatoms. The zero-order valence-corrected chi connectivity index (χ0v) is 16.6. The summed E-state index contributed by atoms with van der Waals surface area (Å²) < 4.78 is 0. The van der Waals surface area contributed by atoms with E-state index in [-0.39, 0.29) is 5.91 Å². The molecule has 2 aromatic carbocycles. The second-order valence-electron chi connectivity index (χ2n) is 6.35. The van der Waals surface area contributed by atoms with Crippen LogP contribution in [0.3, 0.4) is 0 Å². The Morgan fingerprint density at radius 2 is 1.61 bits per heavy atom. The Morgan fingerprint density at radius 3 is 2.29 bits per heavy atom. The van der Waals surface area contributed by atoms with Crippen molar-refractivity contribution in [3.63, 3.8) is 0 Å². The van der Waals surface area contributed by atoms with Crippen molar-refractivity contribution in [2.45, 2.75) is 26.8 Å². The second kappa shape index (κ2) is 8.62. The van der Waals surface area contributed by atoms with Crippen LogP contribution in [0.2, 0.25) is 0 Å². The fraction of sp³-hybridized carbons (Fsp3) is 0.200. The van der Waals surface area contributed by atoms with Gasteiger partial charge in [-0.3, -0.25) is 10.1 Å². The smallest absolute Gasteiger partial charge is 0.319 e. The van der Waals surface area contributed by atoms with Crippen molar-refractivity contribution in [3.8, 4) is 10.6 Å². The number of carbonyl (C=O) groups is 2. The number of nitrogens with one attached hydrogen (secondary N) is 3. The molecule has 0 aliphatic heterocycles. The maximum absolute atomic E-state index is 12.4. The topological polar surface area (TPSA) is 96.0 Å². The minimum Gasteiger partial charge on any atom is -0.326 e. The Bertz CT molecular complexity index is 967. The van der Waals surface area contributed by atoms with Crippen molar-refractivity contribution >= 4 is 34.1 Å². The zero-order valence-electron chi connectivity index (χ0n) is 15.8. The maximum atomic E-state index is 12.4. The third-order valence-electron chi connectivity index (χ3n) is 4.14. The molecule has 0 saturated carbocycles. The molecule has 0 saturated heterocycles. The minimum atomic E-state index is -0.742. The molecular formula is C20H21N5O2S. The van der Waals surface area contributed by atoms with Crippen LogP contribution in [0.1, 0.15) is 18.1 Å². The van der Waals surface area contributed by atoms with Gasteiger partial charge >= 0.3 is 6.03 Å². The van der Waals surface area contributed by atoms with Crippen LogP contribution in [0.5, 0.6) is 0 Å². The summed E-state index contributed by atoms with van der Waals surface area (Å²) >= 11 is 1.27. The van der Waals surface area contributed by atoms with E-state index in [1.54, 1.807) is 6.92 Å². The van der Waals surface area contributed by atoms with Gasteiger partial charge in [-0.1, -0.05) is 59.9 Å². The SMILES string of the molecule is Cc1cccc(C)c1NC(=O)NC(C)C(=O)Nc1nnc(-c2ccccc2)s1. The van der Waals surface area contributed by atoms with Crippen LogP contribution in [0, 0.1) is 13.8 Å². The lowest BCUT2D eigenvalue weighted by Gasteiger charge is -2.16. The lowest BCUT2D eigenvalue weighted by Crippen LogP contribution is -2.43. The number of anilines is 2. The molecule has 28 heavy (non-hydrogen) atoms. The van der Waals surface area contributed by atoms with E-state index < -0.39 is 12.1 Å². The van der Waals surface area contributed by atoms with E-state index in [0.717, 1.165) is 22.4 Å². The van der Waals surface area contributed by atoms with Gasteiger partial charge in [0.05, 0.1) is 0 Å². The molecule has 0 bridgehead atoms. The third-order valence-corrected chi connectivity index (χ3v) is 5.02. The van der Waals surface area contributed by atoms with E-state index in [2.05, 4.69) is 26.1 Å². The number of para-hydroxylation sites is 1. The van der Waals surface area contributed by atoms with Crippen molar-refractivity contribution in [3.05, 3.63) is 59.7 Å². The number of hydrogen-bond acceptors (Lipinski definition) is 5. The van der Waals surface area contributed by atoms with Crippen LogP contribution < -0.4 is 16.0 Å². The quantitative estimate of drug-likeness (QED) is 0.609. The monoisotopic (exact) mass is 395 g/mol. The van der Waals surface area contributed by atoms with Gasteiger partial charge in [0.1, 0.15) is 11.0 Å². The van der Waals surface area contributed by atoms with Gasteiger partial charge in [-0.05, 0) is 31.9 Å². The van der Waals surface area contributed by atoms with E-state index >= 15 is 0 Å². The van der Waals surface area contributed by atoms with Crippen molar-refractivity contribution in [2.75, 3.05) is 10.6 Å². The van der Waals surface area contributed by atoms with Gasteiger partial charge in [-0.15, -0.1) is 10.2 Å². The number of nitrogens with zero attached hydrogens (tertiary/aromatic N) is 2. The van der Waals surface area contributed by atoms with Crippen LogP contribution in [0.25, 0.3) is 10.6 Å². The number of aromatic nitrogens is 2. The Hall–Kier alpha value is -3.26. The highest BCUT2D eigenvalue weighted by atomic mass is 32.1. The first-order valence-electron chi connectivity index (χ1n) is 8.77. The van der Waals surface area contributed by atoms with Crippen LogP contribution >= 0.6 is 11.3 Å². The van der Waals surface area contributed by atoms with Crippen molar-refractivity contribution in [2.24, 2.45) is 0 Å². The van der Waals surface area contributed by atoms with Crippen LogP contribution in [-0.2, 0) is 4.79 Å². The summed E-state index contributed by atoms with van der Waals surface area (Å²) in [5.41, 5.74) is 3.58. The van der Waals surface area contributed by atoms with Gasteiger partial charge in [0, 0.05) is 11.3 Å². The molecular weight excluding hydrogens is 374 g/mol. The number of carbonyl (C=O) groups excluding carboxylic acids is 2. The molecule has 3 N–H and O–H groups in total. The lowest BCUT2D eigenvalue weighted by molar-refractivity contribution is -0.117. The standard InChI is InChI=1S/C20H21N5O2S/c1-12-8-7-9-13(2)16(12)22-19(27)21-14(3)17(26)23-20-25-24-18(28-20)15-10-5-4-6-11-15/h4-11,14H,1-3H3,(H2,21,22,27)(H,23,25,26). The lowest BCUT2D eigenvalue weighted by atomic mass is 10.1. The zero-order chi connectivity index (χ0) is 20.1. The van der Waals surface area contributed by atoms with E-state index in [9.17, 15) is 9.59 Å². The summed E-state index contributed by atoms with van der Waals surface area (Å²) in [6.45, 7) is 5.44. The highest BCUT2D eigenvalue weighted by molar-refractivity contribution is 7.18. The molecule has 1 heterocycles. The van der Waals surface area contributed by atoms with Gasteiger partial charge in [0.2, 0.25) is 11.0 Å². The number of benzene rings is 2. The summed E-state index contributed by atoms with van der Waals surface area (Å²) in [6.07, 6.45) is 0. The highest BCUT2D eigenvalue weighted by Gasteiger charge is 2.18. The molecule has 7 nitrogen and oxygen atoms in total. The molecule has 1 unspecified atom stereocenters. The van der Waals surface area contributed by atoms with Gasteiger partial charge in [-0.25, -0.2) is 4.79 Å². The summed E-state index contributed by atoms with van der Waals surface area (Å²) in [5, 5.41) is 17.3. The first kappa shape index (κ1) is 19.5. The van der Waals surface area contributed by atoms with E-state index in [4.69, 9.17) is 0 Å². The summed E-state index contributed by atoms with van der Waals surface area (Å²) in [5.74, 6) is -0.368. The van der Waals surface area contributed by atoms with Crippen LogP contribution in [0.4, 0.5) is 15.6 Å². The number of urea groups is 1.